The predicted octanol–water partition coefficient (Wildman–Crippen LogP) is 5.00. The molecule has 1 fully saturated rings. The molecule has 1 saturated heterocycles. The Morgan fingerprint density at radius 2 is 1.82 bits per heavy atom. The van der Waals surface area contributed by atoms with Crippen molar-refractivity contribution in [2.75, 3.05) is 37.1 Å². The average Bonchev–Trinajstić information content (AvgIpc) is 3.66. The van der Waals surface area contributed by atoms with Crippen molar-refractivity contribution in [2.45, 2.75) is 51.2 Å². The van der Waals surface area contributed by atoms with Crippen molar-refractivity contribution in [3.05, 3.63) is 64.8 Å². The van der Waals surface area contributed by atoms with Crippen LogP contribution in [0.25, 0.3) is 5.69 Å². The first-order chi connectivity index (χ1) is 18.7. The lowest BCUT2D eigenvalue weighted by atomic mass is 9.87. The molecule has 9 heteroatoms. The molecule has 0 bridgehead atoms. The first kappa shape index (κ1) is 25.8. The Morgan fingerprint density at radius 3 is 2.56 bits per heavy atom. The van der Waals surface area contributed by atoms with Crippen molar-refractivity contribution in [1.29, 1.82) is 0 Å². The summed E-state index contributed by atoms with van der Waals surface area (Å²) in [5, 5.41) is 5.02. The number of benzene rings is 2. The van der Waals surface area contributed by atoms with Crippen molar-refractivity contribution >= 4 is 29.4 Å². The number of aromatic nitrogens is 2. The second kappa shape index (κ2) is 9.93. The zero-order valence-electron chi connectivity index (χ0n) is 22.9. The summed E-state index contributed by atoms with van der Waals surface area (Å²) < 4.78 is 13.2. The Morgan fingerprint density at radius 1 is 1.08 bits per heavy atom. The number of aryl methyl sites for hydroxylation is 1. The molecule has 0 saturated carbocycles. The number of para-hydroxylation sites is 1. The summed E-state index contributed by atoms with van der Waals surface area (Å²) in [6.07, 6.45) is 2.00. The van der Waals surface area contributed by atoms with Crippen LogP contribution in [0.4, 0.5) is 5.82 Å². The summed E-state index contributed by atoms with van der Waals surface area (Å²) in [6.45, 7) is 10.2. The summed E-state index contributed by atoms with van der Waals surface area (Å²) >= 11 is 1.57. The van der Waals surface area contributed by atoms with Crippen LogP contribution in [0.15, 0.2) is 42.5 Å². The molecule has 3 aliphatic heterocycles. The molecule has 0 aliphatic carbocycles. The third kappa shape index (κ3) is 4.67. The minimum absolute atomic E-state index is 0.00140. The molecule has 204 valence electrons. The van der Waals surface area contributed by atoms with Crippen LogP contribution in [0.1, 0.15) is 61.2 Å². The lowest BCUT2D eigenvalue weighted by molar-refractivity contribution is -0.130. The van der Waals surface area contributed by atoms with E-state index in [0.29, 0.717) is 11.6 Å². The number of thioether (sulfide) groups is 1. The number of ether oxygens (including phenoxy) is 2. The lowest BCUT2D eigenvalue weighted by Gasteiger charge is -2.26. The fourth-order valence-electron chi connectivity index (χ4n) is 5.58. The molecule has 0 unspecified atom stereocenters. The van der Waals surface area contributed by atoms with Crippen LogP contribution in [-0.4, -0.2) is 58.7 Å². The second-order valence-electron chi connectivity index (χ2n) is 11.4. The number of hydrogen-bond donors (Lipinski definition) is 0. The van der Waals surface area contributed by atoms with Crippen molar-refractivity contribution in [3.63, 3.8) is 0 Å². The minimum atomic E-state index is -0.314. The Balaban J connectivity index is 1.58. The van der Waals surface area contributed by atoms with E-state index in [1.165, 1.54) is 0 Å². The molecule has 8 nitrogen and oxygen atoms in total. The standard InChI is InChI=1S/C30H34N4O4S/c1-19-9-5-6-10-21(19)34-29-26(28(31-34)30(2,3)4)27(20-11-12-22-23(15-20)38-18-37-22)39-17-25(36)33(29)16-24(35)32-13-7-8-14-32/h5-6,9-12,15,27H,7-8,13-14,16-18H2,1-4H3/t27-/m1/s1. The minimum Gasteiger partial charge on any atom is -0.454 e. The van der Waals surface area contributed by atoms with Crippen LogP contribution < -0.4 is 14.4 Å². The summed E-state index contributed by atoms with van der Waals surface area (Å²) in [5.41, 5.74) is 4.51. The molecule has 0 N–H and O–H groups in total. The van der Waals surface area contributed by atoms with Gasteiger partial charge in [-0.25, -0.2) is 4.68 Å². The van der Waals surface area contributed by atoms with E-state index in [9.17, 15) is 9.59 Å². The molecule has 4 heterocycles. The Labute approximate surface area is 233 Å². The number of amides is 2. The third-order valence-electron chi connectivity index (χ3n) is 7.59. The smallest absolute Gasteiger partial charge is 0.242 e. The van der Waals surface area contributed by atoms with Gasteiger partial charge in [-0.2, -0.15) is 5.10 Å². The molecule has 2 amide bonds. The quantitative estimate of drug-likeness (QED) is 0.459. The second-order valence-corrected chi connectivity index (χ2v) is 12.5. The number of carbonyl (C=O) groups is 2. The molecule has 1 atom stereocenters. The van der Waals surface area contributed by atoms with Crippen LogP contribution in [0.2, 0.25) is 0 Å². The van der Waals surface area contributed by atoms with Crippen molar-refractivity contribution < 1.29 is 19.1 Å². The highest BCUT2D eigenvalue weighted by atomic mass is 32.2. The van der Waals surface area contributed by atoms with Gasteiger partial charge >= 0.3 is 0 Å². The van der Waals surface area contributed by atoms with Crippen molar-refractivity contribution in [2.24, 2.45) is 0 Å². The van der Waals surface area contributed by atoms with E-state index in [2.05, 4.69) is 20.8 Å². The van der Waals surface area contributed by atoms with Gasteiger partial charge in [0.25, 0.3) is 0 Å². The van der Waals surface area contributed by atoms with E-state index in [0.717, 1.165) is 59.8 Å². The van der Waals surface area contributed by atoms with Crippen molar-refractivity contribution in [3.8, 4) is 17.2 Å². The van der Waals surface area contributed by atoms with Gasteiger partial charge in [-0.3, -0.25) is 14.5 Å². The Bertz CT molecular complexity index is 1440. The first-order valence-corrected chi connectivity index (χ1v) is 14.6. The Hall–Kier alpha value is -3.46. The van der Waals surface area contributed by atoms with E-state index in [-0.39, 0.29) is 41.6 Å². The third-order valence-corrected chi connectivity index (χ3v) is 8.85. The van der Waals surface area contributed by atoms with E-state index >= 15 is 0 Å². The zero-order chi connectivity index (χ0) is 27.3. The molecule has 6 rings (SSSR count). The van der Waals surface area contributed by atoms with E-state index < -0.39 is 0 Å². The average molecular weight is 547 g/mol. The highest BCUT2D eigenvalue weighted by Gasteiger charge is 2.41. The number of fused-ring (bicyclic) bond motifs is 2. The molecular weight excluding hydrogens is 512 g/mol. The number of nitrogens with zero attached hydrogens (tertiary/aromatic N) is 4. The van der Waals surface area contributed by atoms with Crippen LogP contribution in [0.3, 0.4) is 0 Å². The predicted molar refractivity (Wildman–Crippen MR) is 152 cm³/mol. The molecule has 3 aromatic rings. The maximum absolute atomic E-state index is 13.9. The summed E-state index contributed by atoms with van der Waals surface area (Å²) in [7, 11) is 0. The zero-order valence-corrected chi connectivity index (χ0v) is 23.7. The van der Waals surface area contributed by atoms with E-state index in [1.54, 1.807) is 16.7 Å². The van der Waals surface area contributed by atoms with Crippen LogP contribution >= 0.6 is 11.8 Å². The number of hydrogen-bond acceptors (Lipinski definition) is 6. The number of rotatable bonds is 4. The molecule has 0 spiro atoms. The van der Waals surface area contributed by atoms with Crippen LogP contribution in [-0.2, 0) is 15.0 Å². The van der Waals surface area contributed by atoms with Gasteiger partial charge in [-0.1, -0.05) is 45.0 Å². The van der Waals surface area contributed by atoms with Crippen LogP contribution in [0.5, 0.6) is 11.5 Å². The van der Waals surface area contributed by atoms with E-state index in [1.807, 2.05) is 59.0 Å². The number of carbonyl (C=O) groups excluding carboxylic acids is 2. The molecule has 1 aromatic heterocycles. The number of likely N-dealkylation sites (tertiary alicyclic amines) is 1. The normalized spacial score (nSPS) is 18.9. The monoisotopic (exact) mass is 546 g/mol. The largest absolute Gasteiger partial charge is 0.454 e. The maximum atomic E-state index is 13.9. The maximum Gasteiger partial charge on any atom is 0.242 e. The lowest BCUT2D eigenvalue weighted by Crippen LogP contribution is -2.43. The highest BCUT2D eigenvalue weighted by Crippen LogP contribution is 2.50. The Kier molecular flexibility index (Phi) is 6.57. The fourth-order valence-corrected chi connectivity index (χ4v) is 6.77. The van der Waals surface area contributed by atoms with Gasteiger partial charge in [0.05, 0.1) is 22.4 Å². The van der Waals surface area contributed by atoms with Gasteiger partial charge in [-0.05, 0) is 49.1 Å². The van der Waals surface area contributed by atoms with Gasteiger partial charge in [0.1, 0.15) is 12.4 Å². The van der Waals surface area contributed by atoms with Gasteiger partial charge in [-0.15, -0.1) is 11.8 Å². The van der Waals surface area contributed by atoms with Gasteiger partial charge in [0, 0.05) is 24.1 Å². The van der Waals surface area contributed by atoms with Crippen LogP contribution in [0, 0.1) is 6.92 Å². The van der Waals surface area contributed by atoms with Crippen molar-refractivity contribution in [1.82, 2.24) is 14.7 Å². The first-order valence-electron chi connectivity index (χ1n) is 13.5. The molecule has 0 radical (unpaired) electrons. The van der Waals surface area contributed by atoms with E-state index in [4.69, 9.17) is 14.6 Å². The number of anilines is 1. The summed E-state index contributed by atoms with van der Waals surface area (Å²) in [5.74, 6) is 2.24. The topological polar surface area (TPSA) is 76.9 Å². The molecule has 3 aliphatic rings. The van der Waals surface area contributed by atoms with Gasteiger partial charge in [0.2, 0.25) is 18.6 Å². The highest BCUT2D eigenvalue weighted by molar-refractivity contribution is 8.00. The summed E-state index contributed by atoms with van der Waals surface area (Å²) in [6, 6.07) is 14.0. The SMILES string of the molecule is Cc1ccccc1-n1nc(C(C)(C)C)c2c1N(CC(=O)N1CCCC1)C(=O)CS[C@@H]2c1ccc2c(c1)OCO2. The van der Waals surface area contributed by atoms with Gasteiger partial charge < -0.3 is 14.4 Å². The molecular formula is C30H34N4O4S. The fraction of sp³-hybridized carbons (Fsp3) is 0.433. The molecule has 39 heavy (non-hydrogen) atoms. The molecule has 2 aromatic carbocycles. The van der Waals surface area contributed by atoms with Gasteiger partial charge in [0.15, 0.2) is 11.5 Å². The summed E-state index contributed by atoms with van der Waals surface area (Å²) in [4.78, 5) is 30.9.